The minimum Gasteiger partial charge on any atom is -0.294 e. The number of carbonyl (C=O) groups is 2. The molecule has 2 aromatic carbocycles. The summed E-state index contributed by atoms with van der Waals surface area (Å²) in [5.41, 5.74) is 2.13. The first-order valence-electron chi connectivity index (χ1n) is 5.46. The highest BCUT2D eigenvalue weighted by Crippen LogP contribution is 2.04. The first kappa shape index (κ1) is 11.8. The Morgan fingerprint density at radius 1 is 0.833 bits per heavy atom. The van der Waals surface area contributed by atoms with Crippen molar-refractivity contribution in [1.29, 1.82) is 0 Å². The van der Waals surface area contributed by atoms with Gasteiger partial charge in [0.1, 0.15) is 0 Å². The number of carbonyl (C=O) groups excluding carboxylic acids is 2. The number of hydrogen-bond acceptors (Lipinski definition) is 2. The summed E-state index contributed by atoms with van der Waals surface area (Å²) in [6, 6.07) is 16.3. The van der Waals surface area contributed by atoms with Crippen molar-refractivity contribution in [3.63, 3.8) is 0 Å². The minimum atomic E-state index is -0.516. The van der Waals surface area contributed by atoms with Crippen molar-refractivity contribution in [2.75, 3.05) is 0 Å². The molecule has 0 aliphatic carbocycles. The number of aldehydes is 1. The molecule has 0 unspecified atom stereocenters. The summed E-state index contributed by atoms with van der Waals surface area (Å²) in [5.74, 6) is 5.50. The van der Waals surface area contributed by atoms with Crippen molar-refractivity contribution in [3.8, 4) is 11.8 Å². The van der Waals surface area contributed by atoms with Crippen LogP contribution in [-0.2, 0) is 4.79 Å². The van der Waals surface area contributed by atoms with E-state index in [1.165, 1.54) is 0 Å². The van der Waals surface area contributed by atoms with Gasteiger partial charge >= 0.3 is 0 Å². The molecule has 0 aliphatic heterocycles. The quantitative estimate of drug-likeness (QED) is 0.346. The molecule has 18 heavy (non-hydrogen) atoms. The van der Waals surface area contributed by atoms with Gasteiger partial charge in [0.15, 0.2) is 6.29 Å². The van der Waals surface area contributed by atoms with Crippen molar-refractivity contribution in [1.82, 2.24) is 0 Å². The molecule has 0 atom stereocenters. The van der Waals surface area contributed by atoms with Gasteiger partial charge in [-0.05, 0) is 36.4 Å². The first-order chi connectivity index (χ1) is 8.79. The highest BCUT2D eigenvalue weighted by atomic mass is 16.2. The maximum atomic E-state index is 11.1. The summed E-state index contributed by atoms with van der Waals surface area (Å²) in [7, 11) is 0. The van der Waals surface area contributed by atoms with E-state index in [0.29, 0.717) is 11.8 Å². The van der Waals surface area contributed by atoms with Crippen LogP contribution in [0.1, 0.15) is 21.5 Å². The maximum Gasteiger partial charge on any atom is 0.225 e. The van der Waals surface area contributed by atoms with Crippen LogP contribution in [0.15, 0.2) is 54.6 Å². The molecule has 0 aliphatic rings. The zero-order valence-electron chi connectivity index (χ0n) is 9.59. The van der Waals surface area contributed by atoms with Crippen molar-refractivity contribution < 1.29 is 9.59 Å². The van der Waals surface area contributed by atoms with Crippen LogP contribution < -0.4 is 0 Å². The molecule has 0 saturated carbocycles. The third-order valence-electron chi connectivity index (χ3n) is 2.40. The van der Waals surface area contributed by atoms with Gasteiger partial charge in [0.2, 0.25) is 5.78 Å². The summed E-state index contributed by atoms with van der Waals surface area (Å²) in [6.07, 6.45) is 0.310. The zero-order chi connectivity index (χ0) is 12.8. The van der Waals surface area contributed by atoms with Gasteiger partial charge < -0.3 is 0 Å². The normalized spacial score (nSPS) is 9.11. The van der Waals surface area contributed by atoms with E-state index in [9.17, 15) is 9.59 Å². The van der Waals surface area contributed by atoms with Crippen LogP contribution in [0.3, 0.4) is 0 Å². The second-order valence-electron chi connectivity index (χ2n) is 3.68. The summed E-state index contributed by atoms with van der Waals surface area (Å²) < 4.78 is 0. The summed E-state index contributed by atoms with van der Waals surface area (Å²) in [5, 5.41) is 0. The maximum absolute atomic E-state index is 11.1. The molecule has 2 heteroatoms. The molecule has 2 aromatic rings. The summed E-state index contributed by atoms with van der Waals surface area (Å²) in [4.78, 5) is 21.4. The Morgan fingerprint density at radius 3 is 1.94 bits per heavy atom. The lowest BCUT2D eigenvalue weighted by Gasteiger charge is -1.94. The third kappa shape index (κ3) is 2.93. The predicted molar refractivity (Wildman–Crippen MR) is 69.3 cm³/mol. The molecule has 0 N–H and O–H groups in total. The van der Waals surface area contributed by atoms with Crippen LogP contribution in [0.25, 0.3) is 0 Å². The standard InChI is InChI=1S/C16H10O2/c17-12-16(18)15-10-8-14(9-11-15)7-6-13-4-2-1-3-5-13/h1-5,8-12H. The van der Waals surface area contributed by atoms with Crippen LogP contribution in [0, 0.1) is 11.8 Å². The Bertz CT molecular complexity index is 614. The van der Waals surface area contributed by atoms with Crippen LogP contribution in [-0.4, -0.2) is 12.1 Å². The van der Waals surface area contributed by atoms with Crippen molar-refractivity contribution >= 4 is 12.1 Å². The van der Waals surface area contributed by atoms with E-state index in [0.717, 1.165) is 11.1 Å². The lowest BCUT2D eigenvalue weighted by Crippen LogP contribution is -1.98. The van der Waals surface area contributed by atoms with Crippen molar-refractivity contribution in [2.45, 2.75) is 0 Å². The van der Waals surface area contributed by atoms with Crippen LogP contribution in [0.4, 0.5) is 0 Å². The van der Waals surface area contributed by atoms with Gasteiger partial charge in [-0.15, -0.1) is 0 Å². The fourth-order valence-corrected chi connectivity index (χ4v) is 1.45. The van der Waals surface area contributed by atoms with Gasteiger partial charge in [-0.25, -0.2) is 0 Å². The Balaban J connectivity index is 2.19. The fourth-order valence-electron chi connectivity index (χ4n) is 1.45. The monoisotopic (exact) mass is 234 g/mol. The molecule has 2 nitrogen and oxygen atoms in total. The van der Waals surface area contributed by atoms with Crippen LogP contribution in [0.5, 0.6) is 0 Å². The Kier molecular flexibility index (Phi) is 3.68. The highest BCUT2D eigenvalue weighted by molar-refractivity contribution is 6.33. The van der Waals surface area contributed by atoms with E-state index in [1.54, 1.807) is 24.3 Å². The average molecular weight is 234 g/mol. The molecule has 0 saturated heterocycles. The molecule has 0 heterocycles. The van der Waals surface area contributed by atoms with E-state index < -0.39 is 5.78 Å². The predicted octanol–water partition coefficient (Wildman–Crippen LogP) is 2.47. The van der Waals surface area contributed by atoms with Crippen LogP contribution >= 0.6 is 0 Å². The molecule has 0 amide bonds. The lowest BCUT2D eigenvalue weighted by atomic mass is 10.1. The SMILES string of the molecule is O=CC(=O)c1ccc(C#Cc2ccccc2)cc1. The molecule has 0 radical (unpaired) electrons. The third-order valence-corrected chi connectivity index (χ3v) is 2.40. The van der Waals surface area contributed by atoms with E-state index in [4.69, 9.17) is 0 Å². The second-order valence-corrected chi connectivity index (χ2v) is 3.68. The van der Waals surface area contributed by atoms with E-state index in [1.807, 2.05) is 30.3 Å². The summed E-state index contributed by atoms with van der Waals surface area (Å²) in [6.45, 7) is 0. The molecular formula is C16H10O2. The lowest BCUT2D eigenvalue weighted by molar-refractivity contribution is -0.104. The molecule has 2 rings (SSSR count). The van der Waals surface area contributed by atoms with Gasteiger partial charge in [0.05, 0.1) is 0 Å². The van der Waals surface area contributed by atoms with Gasteiger partial charge in [-0.2, -0.15) is 0 Å². The molecule has 0 spiro atoms. The number of rotatable bonds is 2. The van der Waals surface area contributed by atoms with Gasteiger partial charge in [-0.3, -0.25) is 9.59 Å². The minimum absolute atomic E-state index is 0.310. The molecule has 0 aromatic heterocycles. The van der Waals surface area contributed by atoms with Gasteiger partial charge in [0.25, 0.3) is 0 Å². The van der Waals surface area contributed by atoms with E-state index >= 15 is 0 Å². The number of hydrogen-bond donors (Lipinski definition) is 0. The first-order valence-corrected chi connectivity index (χ1v) is 5.46. The molecule has 0 fully saturated rings. The summed E-state index contributed by atoms with van der Waals surface area (Å²) >= 11 is 0. The Labute approximate surface area is 105 Å². The largest absolute Gasteiger partial charge is 0.294 e. The smallest absolute Gasteiger partial charge is 0.225 e. The number of Topliss-reactive ketones (excluding diaryl/α,β-unsaturated/α-hetero) is 1. The van der Waals surface area contributed by atoms with Crippen molar-refractivity contribution in [2.24, 2.45) is 0 Å². The van der Waals surface area contributed by atoms with E-state index in [2.05, 4.69) is 11.8 Å². The van der Waals surface area contributed by atoms with E-state index in [-0.39, 0.29) is 0 Å². The zero-order valence-corrected chi connectivity index (χ0v) is 9.59. The fraction of sp³-hybridized carbons (Fsp3) is 0. The topological polar surface area (TPSA) is 34.1 Å². The average Bonchev–Trinajstić information content (AvgIpc) is 2.46. The number of ketones is 1. The number of benzene rings is 2. The van der Waals surface area contributed by atoms with Crippen LogP contribution in [0.2, 0.25) is 0 Å². The van der Waals surface area contributed by atoms with Crippen molar-refractivity contribution in [3.05, 3.63) is 71.3 Å². The second kappa shape index (κ2) is 5.60. The highest BCUT2D eigenvalue weighted by Gasteiger charge is 2.01. The van der Waals surface area contributed by atoms with Gasteiger partial charge in [0, 0.05) is 16.7 Å². The van der Waals surface area contributed by atoms with Gasteiger partial charge in [-0.1, -0.05) is 30.0 Å². The molecule has 86 valence electrons. The Hall–Kier alpha value is -2.66. The molecular weight excluding hydrogens is 224 g/mol. The Morgan fingerprint density at radius 2 is 1.39 bits per heavy atom. The molecule has 0 bridgehead atoms.